The molecule has 0 saturated heterocycles. The van der Waals surface area contributed by atoms with Gasteiger partial charge in [0.05, 0.1) is 0 Å². The maximum absolute atomic E-state index is 5.85. The average Bonchev–Trinajstić information content (AvgIpc) is 2.28. The number of rotatable bonds is 11. The molecule has 0 radical (unpaired) electrons. The molecule has 0 aliphatic carbocycles. The fourth-order valence-electron chi connectivity index (χ4n) is 2.05. The Hall–Kier alpha value is 0.274. The molecule has 0 amide bonds. The second-order valence-electron chi connectivity index (χ2n) is 4.50. The van der Waals surface area contributed by atoms with Crippen LogP contribution in [0.4, 0.5) is 0 Å². The van der Waals surface area contributed by atoms with Crippen LogP contribution in [0.5, 0.6) is 0 Å². The van der Waals surface area contributed by atoms with E-state index in [1.54, 1.807) is 0 Å². The van der Waals surface area contributed by atoms with E-state index in [1.807, 2.05) is 27.7 Å². The highest BCUT2D eigenvalue weighted by Gasteiger charge is 2.38. The zero-order chi connectivity index (χ0) is 14.1. The van der Waals surface area contributed by atoms with Crippen LogP contribution in [0, 0.1) is 0 Å². The monoisotopic (exact) mass is 294 g/mol. The summed E-state index contributed by atoms with van der Waals surface area (Å²) < 4.78 is 23.4. The summed E-state index contributed by atoms with van der Waals surface area (Å²) in [5.74, 6) is 0. The van der Waals surface area contributed by atoms with Gasteiger partial charge in [-0.1, -0.05) is 0 Å². The summed E-state index contributed by atoms with van der Waals surface area (Å²) in [5.41, 5.74) is 0. The third-order valence-corrected chi connectivity index (χ3v) is 9.25. The van der Waals surface area contributed by atoms with E-state index in [2.05, 4.69) is 13.1 Å². The molecule has 0 bridgehead atoms. The minimum atomic E-state index is -2.04. The van der Waals surface area contributed by atoms with Gasteiger partial charge in [0.2, 0.25) is 0 Å². The lowest BCUT2D eigenvalue weighted by molar-refractivity contribution is 0.177. The Morgan fingerprint density at radius 2 is 0.778 bits per heavy atom. The SMILES string of the molecule is CCO[Si](C)(CC[Si](C)(OCC)OCC)OCC. The van der Waals surface area contributed by atoms with E-state index < -0.39 is 17.1 Å². The first-order chi connectivity index (χ1) is 8.45. The van der Waals surface area contributed by atoms with Crippen LogP contribution >= 0.6 is 0 Å². The molecule has 110 valence electrons. The fraction of sp³-hybridized carbons (Fsp3) is 1.00. The molecule has 0 unspecified atom stereocenters. The lowest BCUT2D eigenvalue weighted by Gasteiger charge is -2.31. The minimum Gasteiger partial charge on any atom is -0.395 e. The third kappa shape index (κ3) is 7.01. The lowest BCUT2D eigenvalue weighted by Crippen LogP contribution is -2.44. The molecule has 0 atom stereocenters. The van der Waals surface area contributed by atoms with E-state index in [-0.39, 0.29) is 0 Å². The maximum atomic E-state index is 5.85. The Bertz CT molecular complexity index is 180. The molecule has 0 N–H and O–H groups in total. The third-order valence-electron chi connectivity index (χ3n) is 2.83. The molecule has 0 fully saturated rings. The summed E-state index contributed by atoms with van der Waals surface area (Å²) >= 11 is 0. The highest BCUT2D eigenvalue weighted by molar-refractivity contribution is 6.71. The summed E-state index contributed by atoms with van der Waals surface area (Å²) in [4.78, 5) is 0. The van der Waals surface area contributed by atoms with Crippen molar-refractivity contribution < 1.29 is 17.7 Å². The van der Waals surface area contributed by atoms with Crippen LogP contribution in [0.25, 0.3) is 0 Å². The van der Waals surface area contributed by atoms with E-state index in [0.717, 1.165) is 12.1 Å². The molecular weight excluding hydrogens is 264 g/mol. The van der Waals surface area contributed by atoms with Gasteiger partial charge in [-0.3, -0.25) is 0 Å². The van der Waals surface area contributed by atoms with Crippen molar-refractivity contribution in [2.75, 3.05) is 26.4 Å². The standard InChI is InChI=1S/C12H30O4Si2/c1-7-13-17(5,14-8-2)11-12-18(6,15-9-3)16-10-4/h7-12H2,1-6H3. The second-order valence-corrected chi connectivity index (χ2v) is 11.2. The summed E-state index contributed by atoms with van der Waals surface area (Å²) in [7, 11) is -4.09. The van der Waals surface area contributed by atoms with Gasteiger partial charge in [0.25, 0.3) is 0 Å². The molecule has 0 aromatic heterocycles. The van der Waals surface area contributed by atoms with Gasteiger partial charge in [-0.25, -0.2) is 0 Å². The Morgan fingerprint density at radius 3 is 0.944 bits per heavy atom. The van der Waals surface area contributed by atoms with Crippen LogP contribution in [0.2, 0.25) is 25.2 Å². The number of hydrogen-bond acceptors (Lipinski definition) is 4. The Labute approximate surface area is 114 Å². The van der Waals surface area contributed by atoms with Crippen LogP contribution < -0.4 is 0 Å². The quantitative estimate of drug-likeness (QED) is 0.548. The Balaban J connectivity index is 4.44. The fourth-order valence-corrected chi connectivity index (χ4v) is 8.87. The van der Waals surface area contributed by atoms with E-state index in [9.17, 15) is 0 Å². The van der Waals surface area contributed by atoms with Crippen molar-refractivity contribution in [1.82, 2.24) is 0 Å². The molecule has 0 aromatic carbocycles. The van der Waals surface area contributed by atoms with E-state index in [0.29, 0.717) is 26.4 Å². The first kappa shape index (κ1) is 18.3. The molecule has 0 spiro atoms. The van der Waals surface area contributed by atoms with Gasteiger partial charge < -0.3 is 17.7 Å². The molecule has 0 saturated carbocycles. The van der Waals surface area contributed by atoms with E-state index >= 15 is 0 Å². The zero-order valence-corrected chi connectivity index (χ0v) is 14.9. The van der Waals surface area contributed by atoms with Gasteiger partial charge in [0, 0.05) is 26.4 Å². The predicted molar refractivity (Wildman–Crippen MR) is 79.4 cm³/mol. The zero-order valence-electron chi connectivity index (χ0n) is 12.9. The molecule has 0 aliphatic rings. The molecule has 0 aliphatic heterocycles. The molecule has 18 heavy (non-hydrogen) atoms. The van der Waals surface area contributed by atoms with Crippen LogP contribution in [-0.2, 0) is 17.7 Å². The van der Waals surface area contributed by atoms with Gasteiger partial charge in [-0.15, -0.1) is 0 Å². The first-order valence-corrected chi connectivity index (χ1v) is 12.1. The van der Waals surface area contributed by atoms with Crippen molar-refractivity contribution in [3.63, 3.8) is 0 Å². The first-order valence-electron chi connectivity index (χ1n) is 7.01. The average molecular weight is 295 g/mol. The summed E-state index contributed by atoms with van der Waals surface area (Å²) in [5, 5.41) is 0. The highest BCUT2D eigenvalue weighted by Crippen LogP contribution is 2.24. The van der Waals surface area contributed by atoms with Crippen molar-refractivity contribution in [2.45, 2.75) is 52.9 Å². The van der Waals surface area contributed by atoms with E-state index in [1.165, 1.54) is 0 Å². The Kier molecular flexibility index (Phi) is 9.36. The topological polar surface area (TPSA) is 36.9 Å². The van der Waals surface area contributed by atoms with Crippen LogP contribution in [-0.4, -0.2) is 43.5 Å². The Morgan fingerprint density at radius 1 is 0.556 bits per heavy atom. The molecule has 0 aromatic rings. The van der Waals surface area contributed by atoms with Crippen LogP contribution in [0.3, 0.4) is 0 Å². The van der Waals surface area contributed by atoms with Crippen molar-refractivity contribution in [3.8, 4) is 0 Å². The van der Waals surface area contributed by atoms with Gasteiger partial charge in [-0.05, 0) is 52.9 Å². The van der Waals surface area contributed by atoms with Crippen LogP contribution in [0.1, 0.15) is 27.7 Å². The molecular formula is C12H30O4Si2. The van der Waals surface area contributed by atoms with Crippen molar-refractivity contribution in [3.05, 3.63) is 0 Å². The highest BCUT2D eigenvalue weighted by atomic mass is 28.4. The summed E-state index contributed by atoms with van der Waals surface area (Å²) in [6.45, 7) is 15.2. The van der Waals surface area contributed by atoms with Crippen molar-refractivity contribution in [1.29, 1.82) is 0 Å². The van der Waals surface area contributed by atoms with Gasteiger partial charge >= 0.3 is 17.1 Å². The lowest BCUT2D eigenvalue weighted by atomic mass is 10.9. The van der Waals surface area contributed by atoms with Crippen molar-refractivity contribution >= 4 is 17.1 Å². The smallest absolute Gasteiger partial charge is 0.334 e. The molecule has 4 nitrogen and oxygen atoms in total. The molecule has 0 heterocycles. The van der Waals surface area contributed by atoms with E-state index in [4.69, 9.17) is 17.7 Å². The predicted octanol–water partition coefficient (Wildman–Crippen LogP) is 3.28. The van der Waals surface area contributed by atoms with Gasteiger partial charge in [0.1, 0.15) is 0 Å². The minimum absolute atomic E-state index is 0.713. The normalized spacial score (nSPS) is 13.0. The maximum Gasteiger partial charge on any atom is 0.334 e. The summed E-state index contributed by atoms with van der Waals surface area (Å²) in [6, 6.07) is 1.88. The summed E-state index contributed by atoms with van der Waals surface area (Å²) in [6.07, 6.45) is 0. The van der Waals surface area contributed by atoms with Gasteiger partial charge in [0.15, 0.2) is 0 Å². The van der Waals surface area contributed by atoms with Crippen molar-refractivity contribution in [2.24, 2.45) is 0 Å². The second kappa shape index (κ2) is 9.22. The largest absolute Gasteiger partial charge is 0.395 e. The molecule has 0 rings (SSSR count). The van der Waals surface area contributed by atoms with Crippen LogP contribution in [0.15, 0.2) is 0 Å². The number of hydrogen-bond donors (Lipinski definition) is 0. The van der Waals surface area contributed by atoms with Gasteiger partial charge in [-0.2, -0.15) is 0 Å². The molecule has 6 heteroatoms.